The lowest BCUT2D eigenvalue weighted by atomic mass is 9.90. The van der Waals surface area contributed by atoms with Crippen molar-refractivity contribution in [1.29, 1.82) is 0 Å². The maximum absolute atomic E-state index is 13.5. The molecule has 1 aliphatic rings. The molecule has 0 spiro atoms. The molecule has 1 unspecified atom stereocenters. The Morgan fingerprint density at radius 2 is 2.28 bits per heavy atom. The third-order valence-electron chi connectivity index (χ3n) is 3.24. The van der Waals surface area contributed by atoms with Crippen LogP contribution in [0.5, 0.6) is 5.75 Å². The van der Waals surface area contributed by atoms with Crippen LogP contribution >= 0.6 is 11.6 Å². The topological polar surface area (TPSA) is 46.5 Å². The van der Waals surface area contributed by atoms with Gasteiger partial charge in [-0.15, -0.1) is 0 Å². The zero-order chi connectivity index (χ0) is 13.3. The number of hydrogen-bond acceptors (Lipinski definition) is 2. The molecule has 1 fully saturated rings. The number of ether oxygens (including phenoxy) is 1. The van der Waals surface area contributed by atoms with E-state index < -0.39 is 11.8 Å². The molecule has 0 amide bonds. The van der Waals surface area contributed by atoms with Crippen molar-refractivity contribution in [1.82, 2.24) is 0 Å². The van der Waals surface area contributed by atoms with Gasteiger partial charge in [0, 0.05) is 6.07 Å². The van der Waals surface area contributed by atoms with Gasteiger partial charge in [-0.3, -0.25) is 4.79 Å². The van der Waals surface area contributed by atoms with Gasteiger partial charge in [0.05, 0.1) is 18.6 Å². The Balaban J connectivity index is 2.40. The van der Waals surface area contributed by atoms with Crippen LogP contribution in [0.15, 0.2) is 12.1 Å². The molecule has 1 saturated carbocycles. The van der Waals surface area contributed by atoms with Gasteiger partial charge in [-0.25, -0.2) is 4.39 Å². The minimum absolute atomic E-state index is 0.0308. The minimum atomic E-state index is -0.897. The van der Waals surface area contributed by atoms with Gasteiger partial charge in [-0.1, -0.05) is 11.6 Å². The van der Waals surface area contributed by atoms with E-state index in [1.54, 1.807) is 0 Å². The van der Waals surface area contributed by atoms with Gasteiger partial charge in [0.25, 0.3) is 0 Å². The number of halogens is 2. The van der Waals surface area contributed by atoms with E-state index in [1.807, 2.05) is 0 Å². The monoisotopic (exact) mass is 272 g/mol. The molecule has 0 aromatic heterocycles. The molecule has 0 radical (unpaired) electrons. The Morgan fingerprint density at radius 1 is 1.61 bits per heavy atom. The summed E-state index contributed by atoms with van der Waals surface area (Å²) in [6.07, 6.45) is 1.90. The summed E-state index contributed by atoms with van der Waals surface area (Å²) in [5.74, 6) is -1.05. The van der Waals surface area contributed by atoms with E-state index >= 15 is 0 Å². The van der Waals surface area contributed by atoms with Crippen LogP contribution in [0.3, 0.4) is 0 Å². The van der Waals surface area contributed by atoms with Crippen molar-refractivity contribution >= 4 is 17.6 Å². The van der Waals surface area contributed by atoms with Crippen LogP contribution in [0.4, 0.5) is 4.39 Å². The molecule has 0 saturated heterocycles. The quantitative estimate of drug-likeness (QED) is 0.893. The number of carbonyl (C=O) groups is 1. The normalized spacial score (nSPS) is 16.4. The van der Waals surface area contributed by atoms with Gasteiger partial charge in [0.15, 0.2) is 0 Å². The first-order chi connectivity index (χ1) is 8.52. The minimum Gasteiger partial charge on any atom is -0.495 e. The Morgan fingerprint density at radius 3 is 2.78 bits per heavy atom. The Hall–Kier alpha value is -1.29. The van der Waals surface area contributed by atoms with Crippen molar-refractivity contribution in [2.75, 3.05) is 7.11 Å². The van der Waals surface area contributed by atoms with Crippen molar-refractivity contribution in [3.05, 3.63) is 28.5 Å². The van der Waals surface area contributed by atoms with E-state index in [2.05, 4.69) is 0 Å². The number of hydrogen-bond donors (Lipinski definition) is 1. The molecule has 1 aliphatic carbocycles. The molecular formula is C13H14ClFO3. The summed E-state index contributed by atoms with van der Waals surface area (Å²) in [5.41, 5.74) is 0.540. The Bertz CT molecular complexity index is 472. The molecule has 1 atom stereocenters. The van der Waals surface area contributed by atoms with Crippen molar-refractivity contribution in [2.24, 2.45) is 5.92 Å². The van der Waals surface area contributed by atoms with Crippen LogP contribution < -0.4 is 4.74 Å². The first-order valence-corrected chi connectivity index (χ1v) is 6.15. The van der Waals surface area contributed by atoms with Crippen LogP contribution in [0.1, 0.15) is 30.7 Å². The molecular weight excluding hydrogens is 259 g/mol. The Labute approximate surface area is 110 Å². The van der Waals surface area contributed by atoms with Gasteiger partial charge < -0.3 is 9.84 Å². The average Bonchev–Trinajstić information content (AvgIpc) is 3.12. The fourth-order valence-corrected chi connectivity index (χ4v) is 2.55. The van der Waals surface area contributed by atoms with E-state index in [1.165, 1.54) is 19.2 Å². The van der Waals surface area contributed by atoms with Crippen LogP contribution in [-0.2, 0) is 4.79 Å². The molecule has 1 N–H and O–H groups in total. The number of aliphatic carboxylic acids is 1. The third kappa shape index (κ3) is 2.75. The Kier molecular flexibility index (Phi) is 3.76. The average molecular weight is 273 g/mol. The van der Waals surface area contributed by atoms with E-state index in [9.17, 15) is 9.18 Å². The first kappa shape index (κ1) is 13.1. The lowest BCUT2D eigenvalue weighted by Gasteiger charge is -2.18. The van der Waals surface area contributed by atoms with E-state index in [0.717, 1.165) is 12.8 Å². The summed E-state index contributed by atoms with van der Waals surface area (Å²) in [4.78, 5) is 10.9. The van der Waals surface area contributed by atoms with Crippen LogP contribution in [0.25, 0.3) is 0 Å². The second-order valence-electron chi connectivity index (χ2n) is 4.55. The summed E-state index contributed by atoms with van der Waals surface area (Å²) in [6.45, 7) is 0. The molecule has 0 bridgehead atoms. The molecule has 5 heteroatoms. The highest BCUT2D eigenvalue weighted by Gasteiger charge is 2.35. The van der Waals surface area contributed by atoms with Crippen molar-refractivity contribution < 1.29 is 19.0 Å². The largest absolute Gasteiger partial charge is 0.495 e. The summed E-state index contributed by atoms with van der Waals surface area (Å²) in [7, 11) is 1.41. The molecule has 0 aliphatic heterocycles. The number of benzene rings is 1. The standard InChI is InChI=1S/C13H14ClFO3/c1-18-11-5-8(15)4-10(13(11)14)9(6-12(16)17)7-2-3-7/h4-5,7,9H,2-3,6H2,1H3,(H,16,17). The predicted octanol–water partition coefficient (Wildman–Crippen LogP) is 3.46. The van der Waals surface area contributed by atoms with Crippen molar-refractivity contribution in [3.63, 3.8) is 0 Å². The summed E-state index contributed by atoms with van der Waals surface area (Å²) in [6, 6.07) is 2.52. The zero-order valence-electron chi connectivity index (χ0n) is 9.95. The molecule has 2 rings (SSSR count). The number of rotatable bonds is 5. The summed E-state index contributed by atoms with van der Waals surface area (Å²) < 4.78 is 18.5. The first-order valence-electron chi connectivity index (χ1n) is 5.77. The fourth-order valence-electron chi connectivity index (χ4n) is 2.22. The van der Waals surface area contributed by atoms with E-state index in [-0.39, 0.29) is 24.0 Å². The second kappa shape index (κ2) is 5.14. The summed E-state index contributed by atoms with van der Waals surface area (Å²) >= 11 is 6.15. The van der Waals surface area contributed by atoms with Gasteiger partial charge >= 0.3 is 5.97 Å². The maximum atomic E-state index is 13.5. The fraction of sp³-hybridized carbons (Fsp3) is 0.462. The van der Waals surface area contributed by atoms with Crippen LogP contribution in [0, 0.1) is 11.7 Å². The highest BCUT2D eigenvalue weighted by atomic mass is 35.5. The molecule has 1 aromatic rings. The number of methoxy groups -OCH3 is 1. The molecule has 3 nitrogen and oxygen atoms in total. The second-order valence-corrected chi connectivity index (χ2v) is 4.93. The van der Waals surface area contributed by atoms with Crippen LogP contribution in [0.2, 0.25) is 5.02 Å². The molecule has 1 aromatic carbocycles. The molecule has 98 valence electrons. The van der Waals surface area contributed by atoms with E-state index in [4.69, 9.17) is 21.4 Å². The van der Waals surface area contributed by atoms with Gasteiger partial charge in [-0.2, -0.15) is 0 Å². The van der Waals surface area contributed by atoms with E-state index in [0.29, 0.717) is 10.6 Å². The number of carboxylic acids is 1. The van der Waals surface area contributed by atoms with Gasteiger partial charge in [-0.05, 0) is 36.3 Å². The lowest BCUT2D eigenvalue weighted by molar-refractivity contribution is -0.137. The smallest absolute Gasteiger partial charge is 0.303 e. The lowest BCUT2D eigenvalue weighted by Crippen LogP contribution is -2.09. The predicted molar refractivity (Wildman–Crippen MR) is 65.7 cm³/mol. The van der Waals surface area contributed by atoms with Crippen molar-refractivity contribution in [3.8, 4) is 5.75 Å². The summed E-state index contributed by atoms with van der Waals surface area (Å²) in [5, 5.41) is 9.26. The van der Waals surface area contributed by atoms with Crippen LogP contribution in [-0.4, -0.2) is 18.2 Å². The molecule has 0 heterocycles. The van der Waals surface area contributed by atoms with Crippen molar-refractivity contribution in [2.45, 2.75) is 25.2 Å². The zero-order valence-corrected chi connectivity index (χ0v) is 10.7. The third-order valence-corrected chi connectivity index (χ3v) is 3.64. The highest BCUT2D eigenvalue weighted by molar-refractivity contribution is 6.32. The number of carboxylic acid groups (broad SMARTS) is 1. The SMILES string of the molecule is COc1cc(F)cc(C(CC(=O)O)C2CC2)c1Cl. The van der Waals surface area contributed by atoms with Gasteiger partial charge in [0.2, 0.25) is 0 Å². The molecule has 18 heavy (non-hydrogen) atoms. The van der Waals surface area contributed by atoms with Gasteiger partial charge in [0.1, 0.15) is 11.6 Å². The highest BCUT2D eigenvalue weighted by Crippen LogP contribution is 2.48. The maximum Gasteiger partial charge on any atom is 0.303 e.